The first-order valence-electron chi connectivity index (χ1n) is 7.33. The van der Waals surface area contributed by atoms with Crippen molar-refractivity contribution in [2.24, 2.45) is 0 Å². The maximum Gasteiger partial charge on any atom is 0.348 e. The summed E-state index contributed by atoms with van der Waals surface area (Å²) in [5, 5.41) is 0.930. The van der Waals surface area contributed by atoms with E-state index in [1.54, 1.807) is 6.07 Å². The van der Waals surface area contributed by atoms with Crippen LogP contribution in [-0.2, 0) is 4.74 Å². The minimum atomic E-state index is -0.332. The van der Waals surface area contributed by atoms with E-state index in [1.807, 2.05) is 30.5 Å². The predicted octanol–water partition coefficient (Wildman–Crippen LogP) is 4.55. The largest absolute Gasteiger partial charge is 0.465 e. The number of benzene rings is 1. The number of fused-ring (bicyclic) bond motifs is 1. The van der Waals surface area contributed by atoms with Gasteiger partial charge in [-0.2, -0.15) is 0 Å². The topological polar surface area (TPSA) is 48.3 Å². The van der Waals surface area contributed by atoms with E-state index in [0.717, 1.165) is 27.6 Å². The third-order valence-corrected chi connectivity index (χ3v) is 4.94. The second-order valence-corrected chi connectivity index (χ2v) is 6.67. The third-order valence-electron chi connectivity index (χ3n) is 3.82. The van der Waals surface area contributed by atoms with Crippen LogP contribution in [-0.4, -0.2) is 23.9 Å². The standard InChI is InChI=1S/C18H17NO3S/c1-11(2)19-9-13(10-20)14-8-12(4-5-15(14)19)16-6-7-17(23-16)18(21)22-3/h4-11H,1-3H3. The molecule has 5 heteroatoms. The van der Waals surface area contributed by atoms with Gasteiger partial charge in [0.1, 0.15) is 4.88 Å². The Bertz CT molecular complexity index is 889. The molecule has 0 N–H and O–H groups in total. The van der Waals surface area contributed by atoms with E-state index >= 15 is 0 Å². The highest BCUT2D eigenvalue weighted by atomic mass is 32.1. The van der Waals surface area contributed by atoms with Gasteiger partial charge in [0.05, 0.1) is 7.11 Å². The fraction of sp³-hybridized carbons (Fsp3) is 0.222. The summed E-state index contributed by atoms with van der Waals surface area (Å²) in [6, 6.07) is 9.99. The number of esters is 1. The lowest BCUT2D eigenvalue weighted by atomic mass is 10.1. The van der Waals surface area contributed by atoms with Crippen molar-refractivity contribution < 1.29 is 14.3 Å². The van der Waals surface area contributed by atoms with E-state index < -0.39 is 0 Å². The summed E-state index contributed by atoms with van der Waals surface area (Å²) in [4.78, 5) is 24.5. The maximum atomic E-state index is 11.6. The molecule has 2 aromatic heterocycles. The molecule has 0 saturated heterocycles. The van der Waals surface area contributed by atoms with Gasteiger partial charge in [-0.15, -0.1) is 11.3 Å². The van der Waals surface area contributed by atoms with Crippen LogP contribution in [0.1, 0.15) is 39.9 Å². The second kappa shape index (κ2) is 6.01. The first-order valence-corrected chi connectivity index (χ1v) is 8.15. The van der Waals surface area contributed by atoms with Crippen molar-refractivity contribution in [2.75, 3.05) is 7.11 Å². The molecule has 4 nitrogen and oxygen atoms in total. The molecule has 0 aliphatic carbocycles. The van der Waals surface area contributed by atoms with Crippen molar-refractivity contribution in [2.45, 2.75) is 19.9 Å². The highest BCUT2D eigenvalue weighted by Crippen LogP contribution is 2.33. The summed E-state index contributed by atoms with van der Waals surface area (Å²) < 4.78 is 6.84. The van der Waals surface area contributed by atoms with Crippen molar-refractivity contribution in [1.29, 1.82) is 0 Å². The van der Waals surface area contributed by atoms with Gasteiger partial charge in [0.2, 0.25) is 0 Å². The number of rotatable bonds is 4. The van der Waals surface area contributed by atoms with Gasteiger partial charge in [-0.05, 0) is 43.7 Å². The summed E-state index contributed by atoms with van der Waals surface area (Å²) in [7, 11) is 1.37. The number of ether oxygens (including phenoxy) is 1. The van der Waals surface area contributed by atoms with Crippen molar-refractivity contribution in [3.63, 3.8) is 0 Å². The summed E-state index contributed by atoms with van der Waals surface area (Å²) in [5.41, 5.74) is 2.71. The number of carbonyl (C=O) groups excluding carboxylic acids is 2. The van der Waals surface area contributed by atoms with E-state index in [-0.39, 0.29) is 12.0 Å². The molecule has 0 fully saturated rings. The average Bonchev–Trinajstić information content (AvgIpc) is 3.18. The summed E-state index contributed by atoms with van der Waals surface area (Å²) in [5.74, 6) is -0.332. The Hall–Kier alpha value is -2.40. The fourth-order valence-electron chi connectivity index (χ4n) is 2.66. The first kappa shape index (κ1) is 15.5. The Morgan fingerprint density at radius 1 is 1.26 bits per heavy atom. The van der Waals surface area contributed by atoms with Gasteiger partial charge >= 0.3 is 5.97 Å². The zero-order chi connectivity index (χ0) is 16.6. The first-order chi connectivity index (χ1) is 11.0. The lowest BCUT2D eigenvalue weighted by molar-refractivity contribution is 0.0606. The molecule has 3 rings (SSSR count). The predicted molar refractivity (Wildman–Crippen MR) is 92.4 cm³/mol. The van der Waals surface area contributed by atoms with Crippen molar-refractivity contribution in [3.8, 4) is 10.4 Å². The number of aromatic nitrogens is 1. The normalized spacial score (nSPS) is 11.1. The number of carbonyl (C=O) groups is 2. The molecule has 0 spiro atoms. The van der Waals surface area contributed by atoms with Crippen LogP contribution < -0.4 is 0 Å². The van der Waals surface area contributed by atoms with Crippen LogP contribution in [0.5, 0.6) is 0 Å². The highest BCUT2D eigenvalue weighted by molar-refractivity contribution is 7.17. The monoisotopic (exact) mass is 327 g/mol. The quantitative estimate of drug-likeness (QED) is 0.522. The Kier molecular flexibility index (Phi) is 4.05. The van der Waals surface area contributed by atoms with E-state index in [0.29, 0.717) is 10.4 Å². The molecule has 0 aliphatic heterocycles. The zero-order valence-electron chi connectivity index (χ0n) is 13.2. The van der Waals surface area contributed by atoms with E-state index in [2.05, 4.69) is 18.4 Å². The molecule has 1 aromatic carbocycles. The number of hydrogen-bond acceptors (Lipinski definition) is 4. The van der Waals surface area contributed by atoms with Crippen LogP contribution >= 0.6 is 11.3 Å². The van der Waals surface area contributed by atoms with Crippen LogP contribution in [0.3, 0.4) is 0 Å². The number of methoxy groups -OCH3 is 1. The summed E-state index contributed by atoms with van der Waals surface area (Å²) in [6.45, 7) is 4.17. The molecule has 118 valence electrons. The number of nitrogens with zero attached hydrogens (tertiary/aromatic N) is 1. The minimum absolute atomic E-state index is 0.282. The molecule has 0 bridgehead atoms. The molecular formula is C18H17NO3S. The van der Waals surface area contributed by atoms with Gasteiger partial charge < -0.3 is 9.30 Å². The molecule has 0 aliphatic rings. The summed E-state index contributed by atoms with van der Waals surface area (Å²) >= 11 is 1.38. The Balaban J connectivity index is 2.11. The zero-order valence-corrected chi connectivity index (χ0v) is 14.0. The Morgan fingerprint density at radius 2 is 2.04 bits per heavy atom. The SMILES string of the molecule is COC(=O)c1ccc(-c2ccc3c(c2)c(C=O)cn3C(C)C)s1. The fourth-order valence-corrected chi connectivity index (χ4v) is 3.58. The van der Waals surface area contributed by atoms with Crippen molar-refractivity contribution in [3.05, 3.63) is 47.0 Å². The van der Waals surface area contributed by atoms with Gasteiger partial charge in [-0.25, -0.2) is 4.79 Å². The molecule has 0 amide bonds. The van der Waals surface area contributed by atoms with Gasteiger partial charge in [-0.1, -0.05) is 6.07 Å². The Morgan fingerprint density at radius 3 is 2.70 bits per heavy atom. The molecule has 3 aromatic rings. The highest BCUT2D eigenvalue weighted by Gasteiger charge is 2.14. The van der Waals surface area contributed by atoms with Gasteiger partial charge in [0, 0.05) is 33.6 Å². The molecule has 0 unspecified atom stereocenters. The van der Waals surface area contributed by atoms with Crippen LogP contribution in [0.25, 0.3) is 21.3 Å². The second-order valence-electron chi connectivity index (χ2n) is 5.59. The number of aldehydes is 1. The van der Waals surface area contributed by atoms with E-state index in [9.17, 15) is 9.59 Å². The minimum Gasteiger partial charge on any atom is -0.465 e. The van der Waals surface area contributed by atoms with Crippen LogP contribution in [0.2, 0.25) is 0 Å². The lowest BCUT2D eigenvalue weighted by Gasteiger charge is -2.09. The van der Waals surface area contributed by atoms with Gasteiger partial charge in [0.25, 0.3) is 0 Å². The van der Waals surface area contributed by atoms with E-state index in [1.165, 1.54) is 18.4 Å². The van der Waals surface area contributed by atoms with Crippen LogP contribution in [0, 0.1) is 0 Å². The van der Waals surface area contributed by atoms with Gasteiger partial charge in [0.15, 0.2) is 6.29 Å². The number of thiophene rings is 1. The number of hydrogen-bond donors (Lipinski definition) is 0. The van der Waals surface area contributed by atoms with Crippen molar-refractivity contribution in [1.82, 2.24) is 4.57 Å². The maximum absolute atomic E-state index is 11.6. The Labute approximate surface area is 138 Å². The molecule has 0 radical (unpaired) electrons. The molecule has 0 atom stereocenters. The molecule has 23 heavy (non-hydrogen) atoms. The molecular weight excluding hydrogens is 310 g/mol. The third kappa shape index (κ3) is 2.68. The molecule has 0 saturated carbocycles. The lowest BCUT2D eigenvalue weighted by Crippen LogP contribution is -1.97. The van der Waals surface area contributed by atoms with E-state index in [4.69, 9.17) is 4.74 Å². The summed E-state index contributed by atoms with van der Waals surface area (Å²) in [6.07, 6.45) is 2.78. The smallest absolute Gasteiger partial charge is 0.348 e. The average molecular weight is 327 g/mol. The van der Waals surface area contributed by atoms with Crippen LogP contribution in [0.4, 0.5) is 0 Å². The van der Waals surface area contributed by atoms with Crippen LogP contribution in [0.15, 0.2) is 36.5 Å². The molecule has 2 heterocycles. The van der Waals surface area contributed by atoms with Crippen molar-refractivity contribution >= 4 is 34.5 Å². The van der Waals surface area contributed by atoms with Gasteiger partial charge in [-0.3, -0.25) is 4.79 Å².